The number of aliphatic hydroxyl groups is 1. The Bertz CT molecular complexity index is 431. The minimum absolute atomic E-state index is 0.121. The Morgan fingerprint density at radius 1 is 1.00 bits per heavy atom. The van der Waals surface area contributed by atoms with Gasteiger partial charge in [0.25, 0.3) is 0 Å². The van der Waals surface area contributed by atoms with Gasteiger partial charge >= 0.3 is 0 Å². The minimum atomic E-state index is -0.121. The van der Waals surface area contributed by atoms with E-state index < -0.39 is 0 Å². The fourth-order valence-electron chi connectivity index (χ4n) is 2.78. The molecule has 2 rings (SSSR count). The highest BCUT2D eigenvalue weighted by atomic mass is 16.5. The summed E-state index contributed by atoms with van der Waals surface area (Å²) in [5.41, 5.74) is 1.09. The summed E-state index contributed by atoms with van der Waals surface area (Å²) in [6.45, 7) is 0.747. The molecule has 1 aromatic rings. The molecule has 0 radical (unpaired) electrons. The van der Waals surface area contributed by atoms with Crippen LogP contribution < -0.4 is 19.5 Å². The Labute approximate surface area is 126 Å². The molecule has 0 spiro atoms. The van der Waals surface area contributed by atoms with Crippen molar-refractivity contribution in [2.75, 3.05) is 21.3 Å². The van der Waals surface area contributed by atoms with Gasteiger partial charge in [0, 0.05) is 12.6 Å². The molecule has 0 aromatic heterocycles. The molecule has 0 bridgehead atoms. The summed E-state index contributed by atoms with van der Waals surface area (Å²) in [5, 5.41) is 13.1. The van der Waals surface area contributed by atoms with Gasteiger partial charge in [-0.1, -0.05) is 0 Å². The molecule has 0 amide bonds. The smallest absolute Gasteiger partial charge is 0.203 e. The second-order valence-corrected chi connectivity index (χ2v) is 5.42. The Morgan fingerprint density at radius 2 is 1.57 bits per heavy atom. The van der Waals surface area contributed by atoms with Crippen molar-refractivity contribution in [2.45, 2.75) is 44.4 Å². The normalized spacial score (nSPS) is 21.9. The average molecular weight is 295 g/mol. The summed E-state index contributed by atoms with van der Waals surface area (Å²) in [5.74, 6) is 1.96. The predicted octanol–water partition coefficient (Wildman–Crippen LogP) is 2.11. The van der Waals surface area contributed by atoms with Crippen molar-refractivity contribution in [2.24, 2.45) is 0 Å². The molecule has 0 heterocycles. The van der Waals surface area contributed by atoms with Gasteiger partial charge in [0.05, 0.1) is 27.4 Å². The van der Waals surface area contributed by atoms with Crippen LogP contribution in [0.15, 0.2) is 12.1 Å². The maximum Gasteiger partial charge on any atom is 0.203 e. The van der Waals surface area contributed by atoms with E-state index >= 15 is 0 Å². The first-order valence-electron chi connectivity index (χ1n) is 7.38. The Balaban J connectivity index is 2.02. The number of hydrogen-bond acceptors (Lipinski definition) is 5. The molecule has 1 aliphatic carbocycles. The third kappa shape index (κ3) is 4.02. The van der Waals surface area contributed by atoms with E-state index in [9.17, 15) is 5.11 Å². The first kappa shape index (κ1) is 15.9. The third-order valence-electron chi connectivity index (χ3n) is 4.02. The molecule has 1 aliphatic rings. The van der Waals surface area contributed by atoms with Crippen molar-refractivity contribution in [3.63, 3.8) is 0 Å². The number of methoxy groups -OCH3 is 3. The van der Waals surface area contributed by atoms with E-state index in [1.54, 1.807) is 21.3 Å². The number of aliphatic hydroxyl groups excluding tert-OH is 1. The molecule has 1 saturated carbocycles. The van der Waals surface area contributed by atoms with Crippen LogP contribution in [0.1, 0.15) is 31.2 Å². The van der Waals surface area contributed by atoms with E-state index in [4.69, 9.17) is 14.2 Å². The highest BCUT2D eigenvalue weighted by Gasteiger charge is 2.19. The molecular formula is C16H25NO4. The molecule has 1 fully saturated rings. The van der Waals surface area contributed by atoms with Gasteiger partial charge in [0.15, 0.2) is 11.5 Å². The van der Waals surface area contributed by atoms with Gasteiger partial charge in [-0.2, -0.15) is 0 Å². The summed E-state index contributed by atoms with van der Waals surface area (Å²) in [6.07, 6.45) is 3.68. The maximum absolute atomic E-state index is 9.53. The highest BCUT2D eigenvalue weighted by molar-refractivity contribution is 5.53. The van der Waals surface area contributed by atoms with Crippen molar-refractivity contribution in [3.8, 4) is 17.2 Å². The lowest BCUT2D eigenvalue weighted by molar-refractivity contribution is 0.116. The molecular weight excluding hydrogens is 270 g/mol. The lowest BCUT2D eigenvalue weighted by Crippen LogP contribution is -2.34. The van der Waals surface area contributed by atoms with E-state index in [1.165, 1.54) is 0 Å². The number of hydrogen-bond donors (Lipinski definition) is 2. The summed E-state index contributed by atoms with van der Waals surface area (Å²) in [4.78, 5) is 0. The van der Waals surface area contributed by atoms with E-state index in [2.05, 4.69) is 5.32 Å². The van der Waals surface area contributed by atoms with Crippen LogP contribution in [-0.2, 0) is 6.54 Å². The van der Waals surface area contributed by atoms with Gasteiger partial charge in [0.2, 0.25) is 5.75 Å². The van der Waals surface area contributed by atoms with Gasteiger partial charge in [-0.25, -0.2) is 0 Å². The fourth-order valence-corrected chi connectivity index (χ4v) is 2.78. The van der Waals surface area contributed by atoms with Gasteiger partial charge in [-0.05, 0) is 43.4 Å². The van der Waals surface area contributed by atoms with E-state index in [1.807, 2.05) is 12.1 Å². The van der Waals surface area contributed by atoms with Crippen LogP contribution in [0, 0.1) is 0 Å². The molecule has 0 aliphatic heterocycles. The van der Waals surface area contributed by atoms with Crippen LogP contribution in [0.25, 0.3) is 0 Å². The van der Waals surface area contributed by atoms with Crippen LogP contribution in [0.2, 0.25) is 0 Å². The Kier molecular flexibility index (Phi) is 5.70. The summed E-state index contributed by atoms with van der Waals surface area (Å²) in [6, 6.07) is 4.39. The zero-order valence-electron chi connectivity index (χ0n) is 13.0. The number of nitrogens with one attached hydrogen (secondary N) is 1. The minimum Gasteiger partial charge on any atom is -0.493 e. The van der Waals surface area contributed by atoms with E-state index in [0.717, 1.165) is 37.8 Å². The van der Waals surface area contributed by atoms with E-state index in [0.29, 0.717) is 23.3 Å². The molecule has 2 N–H and O–H groups in total. The van der Waals surface area contributed by atoms with Gasteiger partial charge < -0.3 is 24.6 Å². The zero-order valence-corrected chi connectivity index (χ0v) is 13.0. The highest BCUT2D eigenvalue weighted by Crippen LogP contribution is 2.38. The van der Waals surface area contributed by atoms with Gasteiger partial charge in [-0.3, -0.25) is 0 Å². The van der Waals surface area contributed by atoms with E-state index in [-0.39, 0.29) is 6.10 Å². The molecule has 0 saturated heterocycles. The number of ether oxygens (including phenoxy) is 3. The SMILES string of the molecule is COc1cc(CNC2CCC(O)CC2)cc(OC)c1OC. The predicted molar refractivity (Wildman–Crippen MR) is 81.2 cm³/mol. The fraction of sp³-hybridized carbons (Fsp3) is 0.625. The van der Waals surface area contributed by atoms with Crippen molar-refractivity contribution in [1.29, 1.82) is 0 Å². The van der Waals surface area contributed by atoms with Crippen LogP contribution in [0.5, 0.6) is 17.2 Å². The lowest BCUT2D eigenvalue weighted by atomic mass is 9.93. The van der Waals surface area contributed by atoms with Crippen LogP contribution in [-0.4, -0.2) is 38.6 Å². The van der Waals surface area contributed by atoms with Crippen molar-refractivity contribution >= 4 is 0 Å². The number of rotatable bonds is 6. The van der Waals surface area contributed by atoms with Gasteiger partial charge in [-0.15, -0.1) is 0 Å². The van der Waals surface area contributed by atoms with Crippen LogP contribution >= 0.6 is 0 Å². The third-order valence-corrected chi connectivity index (χ3v) is 4.02. The second-order valence-electron chi connectivity index (χ2n) is 5.42. The molecule has 118 valence electrons. The number of benzene rings is 1. The zero-order chi connectivity index (χ0) is 15.2. The van der Waals surface area contributed by atoms with Crippen LogP contribution in [0.4, 0.5) is 0 Å². The van der Waals surface area contributed by atoms with Gasteiger partial charge in [0.1, 0.15) is 0 Å². The second kappa shape index (κ2) is 7.52. The van der Waals surface area contributed by atoms with Crippen molar-refractivity contribution < 1.29 is 19.3 Å². The van der Waals surface area contributed by atoms with Crippen LogP contribution in [0.3, 0.4) is 0 Å². The molecule has 5 nitrogen and oxygen atoms in total. The molecule has 5 heteroatoms. The largest absolute Gasteiger partial charge is 0.493 e. The average Bonchev–Trinajstić information content (AvgIpc) is 2.53. The lowest BCUT2D eigenvalue weighted by Gasteiger charge is -2.26. The first-order chi connectivity index (χ1) is 10.2. The molecule has 1 aromatic carbocycles. The Morgan fingerprint density at radius 3 is 2.05 bits per heavy atom. The summed E-state index contributed by atoms with van der Waals surface area (Å²) in [7, 11) is 4.85. The summed E-state index contributed by atoms with van der Waals surface area (Å²) < 4.78 is 16.0. The monoisotopic (exact) mass is 295 g/mol. The first-order valence-corrected chi connectivity index (χ1v) is 7.38. The molecule has 0 atom stereocenters. The van der Waals surface area contributed by atoms with Crippen molar-refractivity contribution in [3.05, 3.63) is 17.7 Å². The Hall–Kier alpha value is -1.46. The molecule has 21 heavy (non-hydrogen) atoms. The quantitative estimate of drug-likeness (QED) is 0.841. The standard InChI is InChI=1S/C16H25NO4/c1-19-14-8-11(9-15(20-2)16(14)21-3)10-17-12-4-6-13(18)7-5-12/h8-9,12-13,17-18H,4-7,10H2,1-3H3. The van der Waals surface area contributed by atoms with Crippen molar-refractivity contribution in [1.82, 2.24) is 5.32 Å². The maximum atomic E-state index is 9.53. The topological polar surface area (TPSA) is 60.0 Å². The summed E-state index contributed by atoms with van der Waals surface area (Å²) >= 11 is 0. The molecule has 0 unspecified atom stereocenters.